The number of nitrogens with one attached hydrogen (secondary N) is 1. The summed E-state index contributed by atoms with van der Waals surface area (Å²) in [6.07, 6.45) is -1.79. The van der Waals surface area contributed by atoms with Gasteiger partial charge in [0, 0.05) is 24.5 Å². The number of aliphatic hydroxyl groups excluding tert-OH is 1. The third-order valence-electron chi connectivity index (χ3n) is 7.26. The smallest absolute Gasteiger partial charge is 0.406 e. The van der Waals surface area contributed by atoms with Gasteiger partial charge in [-0.15, -0.1) is 13.2 Å². The van der Waals surface area contributed by atoms with Gasteiger partial charge in [0.05, 0.1) is 17.0 Å². The van der Waals surface area contributed by atoms with Gasteiger partial charge in [-0.05, 0) is 79.6 Å². The fraction of sp³-hybridized carbons (Fsp3) is 0.357. The zero-order valence-electron chi connectivity index (χ0n) is 20.9. The van der Waals surface area contributed by atoms with Gasteiger partial charge in [-0.2, -0.15) is 0 Å². The molecule has 1 aliphatic heterocycles. The van der Waals surface area contributed by atoms with Crippen molar-refractivity contribution in [3.05, 3.63) is 83.9 Å². The summed E-state index contributed by atoms with van der Waals surface area (Å²) >= 11 is 0. The van der Waals surface area contributed by atoms with Gasteiger partial charge in [-0.25, -0.2) is 13.3 Å². The van der Waals surface area contributed by atoms with Crippen LogP contribution in [0.1, 0.15) is 30.4 Å². The zero-order valence-corrected chi connectivity index (χ0v) is 21.7. The first kappa shape index (κ1) is 26.5. The maximum Gasteiger partial charge on any atom is 0.573 e. The van der Waals surface area contributed by atoms with Gasteiger partial charge in [0.25, 0.3) is 0 Å². The van der Waals surface area contributed by atoms with Crippen LogP contribution in [-0.2, 0) is 22.8 Å². The van der Waals surface area contributed by atoms with E-state index in [1.54, 1.807) is 0 Å². The minimum Gasteiger partial charge on any atom is -0.406 e. The number of hydrogen-bond acceptors (Lipinski definition) is 5. The van der Waals surface area contributed by atoms with Crippen molar-refractivity contribution in [3.63, 3.8) is 0 Å². The Labute approximate surface area is 220 Å². The van der Waals surface area contributed by atoms with Gasteiger partial charge in [-0.3, -0.25) is 0 Å². The number of rotatable bonds is 5. The second-order valence-corrected chi connectivity index (χ2v) is 11.7. The van der Waals surface area contributed by atoms with Crippen LogP contribution < -0.4 is 14.4 Å². The Hall–Kier alpha value is -3.08. The van der Waals surface area contributed by atoms with Crippen LogP contribution in [0.25, 0.3) is 0 Å². The van der Waals surface area contributed by atoms with E-state index in [4.69, 9.17) is 0 Å². The first-order valence-corrected chi connectivity index (χ1v) is 14.1. The van der Waals surface area contributed by atoms with Crippen molar-refractivity contribution in [3.8, 4) is 5.75 Å². The molecule has 3 aromatic carbocycles. The molecule has 1 saturated carbocycles. The highest BCUT2D eigenvalue weighted by molar-refractivity contribution is 7.91. The summed E-state index contributed by atoms with van der Waals surface area (Å²) < 4.78 is 62.6. The molecule has 2 aliphatic rings. The van der Waals surface area contributed by atoms with Crippen molar-refractivity contribution in [2.24, 2.45) is 4.36 Å². The molecule has 1 aliphatic carbocycles. The summed E-state index contributed by atoms with van der Waals surface area (Å²) in [7, 11) is -1.83. The third-order valence-corrected chi connectivity index (χ3v) is 9.31. The highest BCUT2D eigenvalue weighted by Crippen LogP contribution is 2.41. The van der Waals surface area contributed by atoms with Crippen molar-refractivity contribution >= 4 is 21.3 Å². The molecule has 2 N–H and O–H groups in total. The highest BCUT2D eigenvalue weighted by atomic mass is 32.2. The summed E-state index contributed by atoms with van der Waals surface area (Å²) in [6, 6.07) is 20.5. The standard InChI is InChI=1S/C28H30F3N3O3S/c1-32-38(36,22-17-15-21(16-18-22)37-28(29,30)31)33-23-9-6-12-26(27(23)35)34-24-10-4-2-7-19(24)13-14-20-8-3-5-11-25(20)34/h2-5,7-8,10-11,15-18,23,26-27,35H,6,9,12-14H2,1H3,(H,32,33,36)/t23-,26-,27-,38?/m0/s1. The lowest BCUT2D eigenvalue weighted by atomic mass is 9.86. The number of halogens is 3. The predicted molar refractivity (Wildman–Crippen MR) is 141 cm³/mol. The van der Waals surface area contributed by atoms with Crippen LogP contribution in [0.3, 0.4) is 0 Å². The summed E-state index contributed by atoms with van der Waals surface area (Å²) in [4.78, 5) is 2.44. The summed E-state index contributed by atoms with van der Waals surface area (Å²) in [5, 5.41) is 11.7. The van der Waals surface area contributed by atoms with E-state index < -0.39 is 34.2 Å². The molecule has 1 unspecified atom stereocenters. The third kappa shape index (κ3) is 5.39. The molecule has 5 rings (SSSR count). The number of benzene rings is 3. The lowest BCUT2D eigenvalue weighted by Crippen LogP contribution is -2.55. The second-order valence-electron chi connectivity index (χ2n) is 9.57. The maximum atomic E-state index is 13.8. The highest BCUT2D eigenvalue weighted by Gasteiger charge is 2.39. The molecule has 4 atom stereocenters. The fourth-order valence-electron chi connectivity index (χ4n) is 5.50. The first-order valence-electron chi connectivity index (χ1n) is 12.6. The minimum absolute atomic E-state index is 0.217. The molecule has 0 radical (unpaired) electrons. The molecule has 38 heavy (non-hydrogen) atoms. The first-order chi connectivity index (χ1) is 18.2. The second kappa shape index (κ2) is 10.6. The molecule has 6 nitrogen and oxygen atoms in total. The maximum absolute atomic E-state index is 13.8. The Morgan fingerprint density at radius 3 is 2.08 bits per heavy atom. The molecule has 0 aromatic heterocycles. The summed E-state index contributed by atoms with van der Waals surface area (Å²) in [5.41, 5.74) is 4.53. The minimum atomic E-state index is -4.82. The Balaban J connectivity index is 1.44. The zero-order chi connectivity index (χ0) is 26.9. The molecule has 10 heteroatoms. The topological polar surface area (TPSA) is 74.2 Å². The molecule has 3 aromatic rings. The Kier molecular flexibility index (Phi) is 7.39. The predicted octanol–water partition coefficient (Wildman–Crippen LogP) is 5.77. The number of anilines is 2. The molecule has 1 heterocycles. The van der Waals surface area contributed by atoms with E-state index in [0.717, 1.165) is 49.2 Å². The molecule has 1 fully saturated rings. The quantitative estimate of drug-likeness (QED) is 0.427. The SMILES string of the molecule is CN=S(=O)(N[C@H]1CCC[C@H](N2c3ccccc3CCc3ccccc32)[C@H]1O)c1ccc(OC(F)(F)F)cc1. The Bertz CT molecular complexity index is 1360. The Morgan fingerprint density at radius 2 is 1.53 bits per heavy atom. The molecule has 202 valence electrons. The van der Waals surface area contributed by atoms with Crippen molar-refractivity contribution in [2.45, 2.75) is 61.5 Å². The van der Waals surface area contributed by atoms with Crippen LogP contribution in [0.2, 0.25) is 0 Å². The number of nitrogens with zero attached hydrogens (tertiary/aromatic N) is 2. The molecule has 0 saturated heterocycles. The number of hydrogen-bond donors (Lipinski definition) is 2. The van der Waals surface area contributed by atoms with Gasteiger partial charge < -0.3 is 14.7 Å². The van der Waals surface area contributed by atoms with Gasteiger partial charge in [0.1, 0.15) is 15.7 Å². The molecule has 0 bridgehead atoms. The molecular weight excluding hydrogens is 515 g/mol. The van der Waals surface area contributed by atoms with Gasteiger partial charge in [-0.1, -0.05) is 36.4 Å². The molecule has 0 spiro atoms. The van der Waals surface area contributed by atoms with E-state index in [0.29, 0.717) is 6.42 Å². The average Bonchev–Trinajstić information content (AvgIpc) is 3.06. The van der Waals surface area contributed by atoms with E-state index >= 15 is 0 Å². The normalized spacial score (nSPS) is 23.0. The van der Waals surface area contributed by atoms with E-state index in [1.165, 1.54) is 30.3 Å². The number of aliphatic hydroxyl groups is 1. The van der Waals surface area contributed by atoms with Crippen molar-refractivity contribution in [1.82, 2.24) is 4.72 Å². The Morgan fingerprint density at radius 1 is 0.947 bits per heavy atom. The van der Waals surface area contributed by atoms with Crippen LogP contribution in [0.5, 0.6) is 5.75 Å². The van der Waals surface area contributed by atoms with Crippen LogP contribution in [0, 0.1) is 0 Å². The van der Waals surface area contributed by atoms with Gasteiger partial charge in [0.2, 0.25) is 0 Å². The van der Waals surface area contributed by atoms with Crippen molar-refractivity contribution < 1.29 is 27.2 Å². The van der Waals surface area contributed by atoms with Gasteiger partial charge >= 0.3 is 6.36 Å². The monoisotopic (exact) mass is 545 g/mol. The van der Waals surface area contributed by atoms with Crippen LogP contribution >= 0.6 is 0 Å². The van der Waals surface area contributed by atoms with Gasteiger partial charge in [0.15, 0.2) is 0 Å². The van der Waals surface area contributed by atoms with E-state index in [2.05, 4.69) is 43.0 Å². The molecular formula is C28H30F3N3O3S. The summed E-state index contributed by atoms with van der Waals surface area (Å²) in [6.45, 7) is 0. The largest absolute Gasteiger partial charge is 0.573 e. The van der Waals surface area contributed by atoms with Crippen LogP contribution in [-0.4, -0.2) is 40.9 Å². The number of ether oxygens (including phenoxy) is 1. The van der Waals surface area contributed by atoms with Crippen molar-refractivity contribution in [2.75, 3.05) is 11.9 Å². The number of para-hydroxylation sites is 2. The van der Waals surface area contributed by atoms with E-state index in [1.807, 2.05) is 24.3 Å². The lowest BCUT2D eigenvalue weighted by Gasteiger charge is -2.43. The van der Waals surface area contributed by atoms with Crippen LogP contribution in [0.15, 0.2) is 82.1 Å². The molecule has 0 amide bonds. The fourth-order valence-corrected chi connectivity index (χ4v) is 7.12. The van der Waals surface area contributed by atoms with E-state index in [9.17, 15) is 22.5 Å². The van der Waals surface area contributed by atoms with Crippen LogP contribution in [0.4, 0.5) is 24.5 Å². The van der Waals surface area contributed by atoms with E-state index in [-0.39, 0.29) is 10.9 Å². The van der Waals surface area contributed by atoms with Crippen molar-refractivity contribution in [1.29, 1.82) is 0 Å². The summed E-state index contributed by atoms with van der Waals surface area (Å²) in [5.74, 6) is -0.407. The number of fused-ring (bicyclic) bond motifs is 2. The number of aryl methyl sites for hydroxylation is 2. The average molecular weight is 546 g/mol. The number of alkyl halides is 3. The lowest BCUT2D eigenvalue weighted by molar-refractivity contribution is -0.274.